The van der Waals surface area contributed by atoms with E-state index in [2.05, 4.69) is 19.3 Å². The summed E-state index contributed by atoms with van der Waals surface area (Å²) in [4.78, 5) is 0. The zero-order valence-electron chi connectivity index (χ0n) is 8.40. The van der Waals surface area contributed by atoms with Gasteiger partial charge in [-0.25, -0.2) is 0 Å². The van der Waals surface area contributed by atoms with Crippen molar-refractivity contribution in [2.24, 2.45) is 17.3 Å². The molecule has 0 bridgehead atoms. The van der Waals surface area contributed by atoms with Crippen LogP contribution in [0.1, 0.15) is 39.0 Å². The van der Waals surface area contributed by atoms with Crippen LogP contribution in [-0.4, -0.2) is 13.6 Å². The van der Waals surface area contributed by atoms with Gasteiger partial charge >= 0.3 is 0 Å². The predicted octanol–water partition coefficient (Wildman–Crippen LogP) is 2.42. The molecule has 2 rings (SSSR count). The SMILES string of the molecule is CNCC1CC1(C)CC1CCC1. The summed E-state index contributed by atoms with van der Waals surface area (Å²) in [7, 11) is 2.07. The summed E-state index contributed by atoms with van der Waals surface area (Å²) >= 11 is 0. The number of hydrogen-bond acceptors (Lipinski definition) is 1. The van der Waals surface area contributed by atoms with Crippen LogP contribution in [0.25, 0.3) is 0 Å². The van der Waals surface area contributed by atoms with Crippen LogP contribution in [0, 0.1) is 17.3 Å². The smallest absolute Gasteiger partial charge is 0.00181 e. The summed E-state index contributed by atoms with van der Waals surface area (Å²) in [6, 6.07) is 0. The molecule has 0 spiro atoms. The van der Waals surface area contributed by atoms with E-state index >= 15 is 0 Å². The van der Waals surface area contributed by atoms with Crippen molar-refractivity contribution in [3.8, 4) is 0 Å². The first-order valence-electron chi connectivity index (χ1n) is 5.39. The Labute approximate surface area is 75.9 Å². The molecule has 0 amide bonds. The third kappa shape index (κ3) is 1.52. The van der Waals surface area contributed by atoms with Crippen molar-refractivity contribution in [1.82, 2.24) is 5.32 Å². The van der Waals surface area contributed by atoms with E-state index in [1.54, 1.807) is 0 Å². The molecule has 12 heavy (non-hydrogen) atoms. The van der Waals surface area contributed by atoms with Gasteiger partial charge in [0.15, 0.2) is 0 Å². The van der Waals surface area contributed by atoms with Crippen molar-refractivity contribution in [1.29, 1.82) is 0 Å². The van der Waals surface area contributed by atoms with E-state index in [-0.39, 0.29) is 0 Å². The zero-order valence-corrected chi connectivity index (χ0v) is 8.40. The Morgan fingerprint density at radius 2 is 2.17 bits per heavy atom. The van der Waals surface area contributed by atoms with Gasteiger partial charge in [0.2, 0.25) is 0 Å². The molecule has 0 heterocycles. The van der Waals surface area contributed by atoms with Crippen LogP contribution < -0.4 is 5.32 Å². The van der Waals surface area contributed by atoms with Crippen LogP contribution in [0.5, 0.6) is 0 Å². The van der Waals surface area contributed by atoms with E-state index in [4.69, 9.17) is 0 Å². The lowest BCUT2D eigenvalue weighted by Crippen LogP contribution is -2.19. The van der Waals surface area contributed by atoms with Crippen LogP contribution in [0.2, 0.25) is 0 Å². The van der Waals surface area contributed by atoms with E-state index in [1.807, 2.05) is 0 Å². The zero-order chi connectivity index (χ0) is 8.60. The molecule has 1 nitrogen and oxygen atoms in total. The average Bonchev–Trinajstić information content (AvgIpc) is 2.56. The highest BCUT2D eigenvalue weighted by molar-refractivity contribution is 5.01. The Balaban J connectivity index is 1.73. The van der Waals surface area contributed by atoms with Crippen molar-refractivity contribution in [2.45, 2.75) is 39.0 Å². The normalized spacial score (nSPS) is 41.0. The number of rotatable bonds is 4. The van der Waals surface area contributed by atoms with Crippen molar-refractivity contribution < 1.29 is 0 Å². The van der Waals surface area contributed by atoms with Gasteiger partial charge in [0, 0.05) is 0 Å². The molecule has 0 aromatic carbocycles. The topological polar surface area (TPSA) is 12.0 Å². The lowest BCUT2D eigenvalue weighted by atomic mass is 9.77. The average molecular weight is 167 g/mol. The summed E-state index contributed by atoms with van der Waals surface area (Å²) in [5.41, 5.74) is 0.730. The Hall–Kier alpha value is -0.0400. The van der Waals surface area contributed by atoms with Crippen molar-refractivity contribution >= 4 is 0 Å². The maximum atomic E-state index is 3.29. The molecule has 0 aromatic heterocycles. The van der Waals surface area contributed by atoms with Gasteiger partial charge in [0.1, 0.15) is 0 Å². The van der Waals surface area contributed by atoms with E-state index in [1.165, 1.54) is 38.6 Å². The number of nitrogens with one attached hydrogen (secondary N) is 1. The molecule has 1 N–H and O–H groups in total. The van der Waals surface area contributed by atoms with E-state index < -0.39 is 0 Å². The van der Waals surface area contributed by atoms with Gasteiger partial charge in [0.25, 0.3) is 0 Å². The van der Waals surface area contributed by atoms with Crippen molar-refractivity contribution in [3.05, 3.63) is 0 Å². The van der Waals surface area contributed by atoms with E-state index in [0.717, 1.165) is 17.3 Å². The minimum Gasteiger partial charge on any atom is -0.319 e. The molecule has 0 aromatic rings. The highest BCUT2D eigenvalue weighted by atomic mass is 14.8. The lowest BCUT2D eigenvalue weighted by molar-refractivity contribution is 0.236. The van der Waals surface area contributed by atoms with Gasteiger partial charge in [-0.1, -0.05) is 26.2 Å². The highest BCUT2D eigenvalue weighted by Crippen LogP contribution is 2.57. The quantitative estimate of drug-likeness (QED) is 0.678. The van der Waals surface area contributed by atoms with Gasteiger partial charge in [-0.15, -0.1) is 0 Å². The second kappa shape index (κ2) is 3.02. The Bertz CT molecular complexity index is 162. The summed E-state index contributed by atoms with van der Waals surface area (Å²) in [6.45, 7) is 3.72. The maximum Gasteiger partial charge on any atom is -0.00181 e. The monoisotopic (exact) mass is 167 g/mol. The summed E-state index contributed by atoms with van der Waals surface area (Å²) in [5, 5.41) is 3.29. The fourth-order valence-electron chi connectivity index (χ4n) is 2.68. The first-order chi connectivity index (χ1) is 5.74. The van der Waals surface area contributed by atoms with Crippen molar-refractivity contribution in [2.75, 3.05) is 13.6 Å². The molecule has 2 saturated carbocycles. The molecule has 2 fully saturated rings. The van der Waals surface area contributed by atoms with Crippen LogP contribution in [-0.2, 0) is 0 Å². The standard InChI is InChI=1S/C11H21N/c1-11(6-9-4-3-5-9)7-10(11)8-12-2/h9-10,12H,3-8H2,1-2H3. The van der Waals surface area contributed by atoms with Crippen LogP contribution >= 0.6 is 0 Å². The second-order valence-corrected chi connectivity index (χ2v) is 5.11. The Morgan fingerprint density at radius 1 is 1.42 bits per heavy atom. The highest BCUT2D eigenvalue weighted by Gasteiger charge is 2.50. The molecule has 1 heteroatoms. The van der Waals surface area contributed by atoms with Crippen LogP contribution in [0.15, 0.2) is 0 Å². The third-order valence-electron chi connectivity index (χ3n) is 3.97. The molecule has 2 aliphatic carbocycles. The molecule has 0 radical (unpaired) electrons. The van der Waals surface area contributed by atoms with Gasteiger partial charge in [-0.2, -0.15) is 0 Å². The first-order valence-corrected chi connectivity index (χ1v) is 5.39. The summed E-state index contributed by atoms with van der Waals surface area (Å²) < 4.78 is 0. The summed E-state index contributed by atoms with van der Waals surface area (Å²) in [5.74, 6) is 2.08. The van der Waals surface area contributed by atoms with Crippen molar-refractivity contribution in [3.63, 3.8) is 0 Å². The lowest BCUT2D eigenvalue weighted by Gasteiger charge is -2.28. The fourth-order valence-corrected chi connectivity index (χ4v) is 2.68. The van der Waals surface area contributed by atoms with Crippen LogP contribution in [0.3, 0.4) is 0 Å². The molecular weight excluding hydrogens is 146 g/mol. The molecular formula is C11H21N. The maximum absolute atomic E-state index is 3.29. The molecule has 0 saturated heterocycles. The largest absolute Gasteiger partial charge is 0.319 e. The first kappa shape index (κ1) is 8.55. The van der Waals surface area contributed by atoms with Gasteiger partial charge < -0.3 is 5.32 Å². The van der Waals surface area contributed by atoms with Crippen LogP contribution in [0.4, 0.5) is 0 Å². The number of hydrogen-bond donors (Lipinski definition) is 1. The predicted molar refractivity (Wildman–Crippen MR) is 52.1 cm³/mol. The Kier molecular flexibility index (Phi) is 2.16. The minimum absolute atomic E-state index is 0.730. The molecule has 2 unspecified atom stereocenters. The molecule has 70 valence electrons. The van der Waals surface area contributed by atoms with Gasteiger partial charge in [-0.3, -0.25) is 0 Å². The minimum atomic E-state index is 0.730. The Morgan fingerprint density at radius 3 is 2.67 bits per heavy atom. The molecule has 2 atom stereocenters. The molecule has 0 aliphatic heterocycles. The summed E-state index contributed by atoms with van der Waals surface area (Å²) in [6.07, 6.45) is 7.52. The fraction of sp³-hybridized carbons (Fsp3) is 1.00. The van der Waals surface area contributed by atoms with E-state index in [0.29, 0.717) is 0 Å². The second-order valence-electron chi connectivity index (χ2n) is 5.11. The molecule has 2 aliphatic rings. The van der Waals surface area contributed by atoms with Gasteiger partial charge in [-0.05, 0) is 43.7 Å². The van der Waals surface area contributed by atoms with E-state index in [9.17, 15) is 0 Å². The third-order valence-corrected chi connectivity index (χ3v) is 3.97. The van der Waals surface area contributed by atoms with Gasteiger partial charge in [0.05, 0.1) is 0 Å².